The summed E-state index contributed by atoms with van der Waals surface area (Å²) in [6.07, 6.45) is 2.15. The van der Waals surface area contributed by atoms with Crippen LogP contribution in [0.3, 0.4) is 0 Å². The number of amides is 1. The Morgan fingerprint density at radius 1 is 1.26 bits per heavy atom. The van der Waals surface area contributed by atoms with Crippen LogP contribution < -0.4 is 4.74 Å². The van der Waals surface area contributed by atoms with Gasteiger partial charge in [-0.15, -0.1) is 0 Å². The van der Waals surface area contributed by atoms with Crippen LogP contribution in [0.15, 0.2) is 24.3 Å². The number of aliphatic hydroxyl groups excluding tert-OH is 1. The van der Waals surface area contributed by atoms with Gasteiger partial charge in [0.1, 0.15) is 5.75 Å². The van der Waals surface area contributed by atoms with E-state index in [0.29, 0.717) is 43.5 Å². The van der Waals surface area contributed by atoms with Crippen molar-refractivity contribution in [1.29, 1.82) is 0 Å². The molecular weight excluding hydrogens is 292 g/mol. The molecule has 1 aliphatic carbocycles. The molecular formula is C18H26N2O3. The SMILES string of the molecule is C[C@H](O)CN1CCN(C(=O)c2ccccc2OCC2CC2)CC1. The summed E-state index contributed by atoms with van der Waals surface area (Å²) in [7, 11) is 0. The Kier molecular flexibility index (Phi) is 5.18. The summed E-state index contributed by atoms with van der Waals surface area (Å²) in [5.74, 6) is 1.42. The number of benzene rings is 1. The third-order valence-electron chi connectivity index (χ3n) is 4.47. The average molecular weight is 318 g/mol. The number of nitrogens with zero attached hydrogens (tertiary/aromatic N) is 2. The van der Waals surface area contributed by atoms with Gasteiger partial charge in [-0.2, -0.15) is 0 Å². The van der Waals surface area contributed by atoms with Crippen LogP contribution >= 0.6 is 0 Å². The zero-order valence-electron chi connectivity index (χ0n) is 13.8. The second kappa shape index (κ2) is 7.32. The minimum absolute atomic E-state index is 0.0492. The first-order chi connectivity index (χ1) is 11.1. The van der Waals surface area contributed by atoms with Gasteiger partial charge in [-0.05, 0) is 37.8 Å². The van der Waals surface area contributed by atoms with Gasteiger partial charge in [0.25, 0.3) is 5.91 Å². The number of rotatable bonds is 6. The van der Waals surface area contributed by atoms with Crippen molar-refractivity contribution < 1.29 is 14.6 Å². The van der Waals surface area contributed by atoms with E-state index in [0.717, 1.165) is 13.1 Å². The van der Waals surface area contributed by atoms with E-state index < -0.39 is 0 Å². The van der Waals surface area contributed by atoms with E-state index in [2.05, 4.69) is 4.90 Å². The fraction of sp³-hybridized carbons (Fsp3) is 0.611. The molecule has 1 heterocycles. The molecule has 1 aromatic rings. The molecule has 1 saturated carbocycles. The van der Waals surface area contributed by atoms with Gasteiger partial charge in [0.15, 0.2) is 0 Å². The first kappa shape index (κ1) is 16.3. The average Bonchev–Trinajstić information content (AvgIpc) is 3.37. The Morgan fingerprint density at radius 3 is 2.61 bits per heavy atom. The van der Waals surface area contributed by atoms with Crippen molar-refractivity contribution in [1.82, 2.24) is 9.80 Å². The van der Waals surface area contributed by atoms with Crippen LogP contribution in [0.5, 0.6) is 5.75 Å². The van der Waals surface area contributed by atoms with Crippen molar-refractivity contribution in [2.45, 2.75) is 25.9 Å². The highest BCUT2D eigenvalue weighted by Gasteiger charge is 2.26. The van der Waals surface area contributed by atoms with E-state index in [-0.39, 0.29) is 12.0 Å². The van der Waals surface area contributed by atoms with E-state index in [1.54, 1.807) is 6.92 Å². The second-order valence-corrected chi connectivity index (χ2v) is 6.69. The molecule has 5 nitrogen and oxygen atoms in total. The van der Waals surface area contributed by atoms with Gasteiger partial charge in [0.2, 0.25) is 0 Å². The Morgan fingerprint density at radius 2 is 1.96 bits per heavy atom. The molecule has 23 heavy (non-hydrogen) atoms. The Hall–Kier alpha value is -1.59. The molecule has 0 unspecified atom stereocenters. The standard InChI is InChI=1S/C18H26N2O3/c1-14(21)12-19-8-10-20(11-9-19)18(22)16-4-2-3-5-17(16)23-13-15-6-7-15/h2-5,14-15,21H,6-13H2,1H3/t14-/m0/s1. The van der Waals surface area contributed by atoms with Crippen LogP contribution in [0, 0.1) is 5.92 Å². The highest BCUT2D eigenvalue weighted by Crippen LogP contribution is 2.30. The smallest absolute Gasteiger partial charge is 0.257 e. The Balaban J connectivity index is 1.59. The summed E-state index contributed by atoms with van der Waals surface area (Å²) in [6, 6.07) is 7.55. The number of para-hydroxylation sites is 1. The lowest BCUT2D eigenvalue weighted by Gasteiger charge is -2.35. The zero-order valence-corrected chi connectivity index (χ0v) is 13.8. The normalized spacial score (nSPS) is 20.3. The van der Waals surface area contributed by atoms with E-state index in [4.69, 9.17) is 4.74 Å². The van der Waals surface area contributed by atoms with Crippen LogP contribution in [0.1, 0.15) is 30.1 Å². The quantitative estimate of drug-likeness (QED) is 0.866. The van der Waals surface area contributed by atoms with E-state index in [1.807, 2.05) is 29.2 Å². The van der Waals surface area contributed by atoms with Crippen molar-refractivity contribution in [3.63, 3.8) is 0 Å². The number of piperazine rings is 1. The Bertz CT molecular complexity index is 535. The number of carbonyl (C=O) groups is 1. The first-order valence-corrected chi connectivity index (χ1v) is 8.55. The second-order valence-electron chi connectivity index (χ2n) is 6.69. The maximum atomic E-state index is 12.8. The maximum Gasteiger partial charge on any atom is 0.257 e. The van der Waals surface area contributed by atoms with Crippen LogP contribution in [-0.2, 0) is 0 Å². The number of aliphatic hydroxyl groups is 1. The molecule has 0 bridgehead atoms. The van der Waals surface area contributed by atoms with Crippen molar-refractivity contribution in [2.75, 3.05) is 39.3 Å². The minimum atomic E-state index is -0.325. The predicted octanol–water partition coefficient (Wildman–Crippen LogP) is 1.61. The van der Waals surface area contributed by atoms with Gasteiger partial charge in [-0.3, -0.25) is 9.69 Å². The fourth-order valence-corrected chi connectivity index (χ4v) is 2.94. The third kappa shape index (κ3) is 4.45. The molecule has 1 atom stereocenters. The topological polar surface area (TPSA) is 53.0 Å². The zero-order chi connectivity index (χ0) is 16.2. The summed E-state index contributed by atoms with van der Waals surface area (Å²) < 4.78 is 5.86. The summed E-state index contributed by atoms with van der Waals surface area (Å²) in [4.78, 5) is 16.9. The van der Waals surface area contributed by atoms with Gasteiger partial charge in [0, 0.05) is 32.7 Å². The van der Waals surface area contributed by atoms with E-state index >= 15 is 0 Å². The lowest BCUT2D eigenvalue weighted by molar-refractivity contribution is 0.0550. The van der Waals surface area contributed by atoms with Crippen LogP contribution in [0.4, 0.5) is 0 Å². The molecule has 2 aliphatic rings. The van der Waals surface area contributed by atoms with Gasteiger partial charge in [0.05, 0.1) is 18.3 Å². The van der Waals surface area contributed by atoms with Gasteiger partial charge < -0.3 is 14.7 Å². The van der Waals surface area contributed by atoms with Crippen LogP contribution in [0.2, 0.25) is 0 Å². The first-order valence-electron chi connectivity index (χ1n) is 8.55. The summed E-state index contributed by atoms with van der Waals surface area (Å²) in [5, 5.41) is 9.46. The predicted molar refractivity (Wildman–Crippen MR) is 88.7 cm³/mol. The number of β-amino-alcohol motifs (C(OH)–C–C–N with tert-alkyl or cyclic N) is 1. The molecule has 0 aromatic heterocycles. The maximum absolute atomic E-state index is 12.8. The summed E-state index contributed by atoms with van der Waals surface area (Å²) >= 11 is 0. The molecule has 1 amide bonds. The molecule has 2 fully saturated rings. The van der Waals surface area contributed by atoms with E-state index in [9.17, 15) is 9.90 Å². The van der Waals surface area contributed by atoms with Gasteiger partial charge in [-0.1, -0.05) is 12.1 Å². The Labute approximate surface area is 137 Å². The molecule has 1 saturated heterocycles. The fourth-order valence-electron chi connectivity index (χ4n) is 2.94. The van der Waals surface area contributed by atoms with Crippen molar-refractivity contribution in [3.05, 3.63) is 29.8 Å². The van der Waals surface area contributed by atoms with Crippen LogP contribution in [0.25, 0.3) is 0 Å². The highest BCUT2D eigenvalue weighted by molar-refractivity contribution is 5.97. The molecule has 3 rings (SSSR count). The van der Waals surface area contributed by atoms with Crippen molar-refractivity contribution >= 4 is 5.91 Å². The molecule has 5 heteroatoms. The molecule has 1 aromatic carbocycles. The number of carbonyl (C=O) groups excluding carboxylic acids is 1. The van der Waals surface area contributed by atoms with E-state index in [1.165, 1.54) is 12.8 Å². The van der Waals surface area contributed by atoms with Gasteiger partial charge in [-0.25, -0.2) is 0 Å². The summed E-state index contributed by atoms with van der Waals surface area (Å²) in [6.45, 7) is 6.19. The summed E-state index contributed by atoms with van der Waals surface area (Å²) in [5.41, 5.74) is 0.664. The van der Waals surface area contributed by atoms with Gasteiger partial charge >= 0.3 is 0 Å². The minimum Gasteiger partial charge on any atom is -0.492 e. The van der Waals surface area contributed by atoms with Crippen molar-refractivity contribution in [3.8, 4) is 5.75 Å². The molecule has 126 valence electrons. The molecule has 1 N–H and O–H groups in total. The highest BCUT2D eigenvalue weighted by atomic mass is 16.5. The molecule has 0 spiro atoms. The van der Waals surface area contributed by atoms with Crippen molar-refractivity contribution in [2.24, 2.45) is 5.92 Å². The lowest BCUT2D eigenvalue weighted by Crippen LogP contribution is -2.50. The monoisotopic (exact) mass is 318 g/mol. The number of hydrogen-bond acceptors (Lipinski definition) is 4. The molecule has 0 radical (unpaired) electrons. The number of ether oxygens (including phenoxy) is 1. The lowest BCUT2D eigenvalue weighted by atomic mass is 10.1. The number of hydrogen-bond donors (Lipinski definition) is 1. The molecule has 1 aliphatic heterocycles. The van der Waals surface area contributed by atoms with Crippen LogP contribution in [-0.4, -0.2) is 66.2 Å². The largest absolute Gasteiger partial charge is 0.492 e. The third-order valence-corrected chi connectivity index (χ3v) is 4.47.